The summed E-state index contributed by atoms with van der Waals surface area (Å²) in [4.78, 5) is 130. The Morgan fingerprint density at radius 3 is 2.13 bits per heavy atom. The van der Waals surface area contributed by atoms with Crippen LogP contribution < -0.4 is 27.0 Å². The zero-order valence-corrected chi connectivity index (χ0v) is 48.3. The lowest BCUT2D eigenvalue weighted by Gasteiger charge is -2.29. The highest BCUT2D eigenvalue weighted by atomic mass is 32.1. The van der Waals surface area contributed by atoms with Crippen molar-refractivity contribution in [3.05, 3.63) is 112 Å². The summed E-state index contributed by atoms with van der Waals surface area (Å²) >= 11 is 7.14. The van der Waals surface area contributed by atoms with Gasteiger partial charge in [-0.15, -0.1) is 68.0 Å². The van der Waals surface area contributed by atoms with Gasteiger partial charge in [0.1, 0.15) is 81.7 Å². The highest BCUT2D eigenvalue weighted by Gasteiger charge is 2.45. The Balaban J connectivity index is 0.959. The largest absolute Gasteiger partial charge is 0.508 e. The van der Waals surface area contributed by atoms with Crippen LogP contribution in [0.2, 0.25) is 0 Å². The number of rotatable bonds is 8. The number of amides is 6. The van der Waals surface area contributed by atoms with E-state index in [1.165, 1.54) is 56.4 Å². The molecule has 0 unspecified atom stereocenters. The molecule has 82 heavy (non-hydrogen) atoms. The number of carboxylic acid groups (broad SMARTS) is 1. The number of carboxylic acids is 1. The number of carbonyl (C=O) groups excluding carboxylic acids is 6. The molecule has 8 aromatic rings. The van der Waals surface area contributed by atoms with Crippen LogP contribution >= 0.6 is 68.0 Å². The number of aromatic hydroxyl groups is 1. The molecule has 1 saturated carbocycles. The topological polar surface area (TPSA) is 348 Å². The predicted octanol–water partition coefficient (Wildman–Crippen LogP) is 6.39. The molecule has 0 spiro atoms. The molecule has 2 aliphatic heterocycles. The third-order valence-corrected chi connectivity index (χ3v) is 19.7. The summed E-state index contributed by atoms with van der Waals surface area (Å²) in [7, 11) is 0. The molecule has 9 N–H and O–H groups in total. The van der Waals surface area contributed by atoms with Crippen LogP contribution in [0, 0.1) is 18.8 Å². The molecule has 2 fully saturated rings. The Labute approximate surface area is 490 Å². The standard InChI is InChI=1S/C53H49N13O10S6/c1-22-37(68)16-66-42(22)51-64-36(21-81-51)49-61-32(17-79-49)41-28(11-12-29(58-41)48-63-34(20-80-48)43(70)56-26-7-5-25(6-8-26)53(75)76)47-62-35(19-78-47)45(72)59-30(14-38(54)69)50-65-40(23(2)82-50)46(73)55-15-39-57-33(18-77-39)44(71)60-31(52(66)74)13-24-3-9-27(67)10-4-24/h3-4,9-12,17-22,25-26,30-31,37,42,67-68H,5-8,13-16H2,1-2H3,(H2,54,69)(H,55,73)(H,56,70)(H,59,72)(H,60,71)(H,75,76)/t22-,25?,26?,30-,31-,37-,42-/m0/s1. The first kappa shape index (κ1) is 56.1. The van der Waals surface area contributed by atoms with Crippen molar-refractivity contribution in [2.24, 2.45) is 17.6 Å². The number of aromatic nitrogens is 7. The Bertz CT molecular complexity index is 3790. The first-order valence-electron chi connectivity index (χ1n) is 25.7. The molecule has 1 saturated heterocycles. The summed E-state index contributed by atoms with van der Waals surface area (Å²) < 4.78 is 0. The molecule has 23 nitrogen and oxygen atoms in total. The normalized spacial score (nSPS) is 21.5. The number of primary amides is 1. The summed E-state index contributed by atoms with van der Waals surface area (Å²) in [5, 5.41) is 53.1. The van der Waals surface area contributed by atoms with Crippen molar-refractivity contribution in [1.82, 2.24) is 61.1 Å². The Hall–Kier alpha value is -7.80. The van der Waals surface area contributed by atoms with Gasteiger partial charge in [0.2, 0.25) is 11.8 Å². The minimum atomic E-state index is -1.17. The van der Waals surface area contributed by atoms with E-state index in [0.29, 0.717) is 89.5 Å². The maximum atomic E-state index is 14.9. The van der Waals surface area contributed by atoms with Crippen molar-refractivity contribution in [1.29, 1.82) is 0 Å². The van der Waals surface area contributed by atoms with Crippen LogP contribution in [0.25, 0.3) is 43.4 Å². The number of fused-ring (bicyclic) bond motifs is 16. The van der Waals surface area contributed by atoms with E-state index in [0.717, 1.165) is 34.0 Å². The van der Waals surface area contributed by atoms with E-state index >= 15 is 0 Å². The van der Waals surface area contributed by atoms with Crippen molar-refractivity contribution < 1.29 is 48.9 Å². The average Bonchev–Trinajstić information content (AvgIpc) is 4.53. The SMILES string of the molecule is Cc1sc2nc1C(=O)NCc1nc(cs1)C(=O)N[C@@H](Cc1ccc(O)cc1)C(=O)N1C[C@H](O)[C@H](C)[C@H]1c1nc(cs1)-c1nc(cs1)-c1nc(-c3nc(C(=O)NC4CCC(C(=O)O)CC4)cs3)ccc1-c1nc(cs1)C(=O)N[C@H]2CC(N)=O. The number of aliphatic hydroxyl groups excluding tert-OH is 1. The number of nitrogens with two attached hydrogens (primary N) is 1. The molecule has 422 valence electrons. The van der Waals surface area contributed by atoms with Gasteiger partial charge >= 0.3 is 5.97 Å². The van der Waals surface area contributed by atoms with E-state index < -0.39 is 77.5 Å². The fraction of sp³-hybridized carbons (Fsp3) is 0.321. The van der Waals surface area contributed by atoms with E-state index in [-0.39, 0.29) is 65.5 Å². The van der Waals surface area contributed by atoms with Gasteiger partial charge in [0.15, 0.2) is 0 Å². The van der Waals surface area contributed by atoms with Gasteiger partial charge in [-0.05, 0) is 62.4 Å². The second kappa shape index (κ2) is 23.6. The number of benzene rings is 1. The summed E-state index contributed by atoms with van der Waals surface area (Å²) in [6, 6.07) is 6.63. The van der Waals surface area contributed by atoms with E-state index in [9.17, 15) is 48.9 Å². The number of hydrogen-bond donors (Lipinski definition) is 8. The number of phenols is 1. The summed E-state index contributed by atoms with van der Waals surface area (Å²) in [6.45, 7) is 3.34. The Morgan fingerprint density at radius 1 is 0.707 bits per heavy atom. The van der Waals surface area contributed by atoms with E-state index in [2.05, 4.69) is 36.2 Å². The number of nitrogens with zero attached hydrogens (tertiary/aromatic N) is 8. The third-order valence-electron chi connectivity index (χ3n) is 14.3. The predicted molar refractivity (Wildman–Crippen MR) is 306 cm³/mol. The monoisotopic (exact) mass is 1220 g/mol. The van der Waals surface area contributed by atoms with Crippen molar-refractivity contribution in [2.75, 3.05) is 6.54 Å². The molecule has 1 aliphatic carbocycles. The molecule has 10 bridgehead atoms. The van der Waals surface area contributed by atoms with Crippen molar-refractivity contribution >= 4 is 109 Å². The second-order valence-corrected chi connectivity index (χ2v) is 25.5. The highest BCUT2D eigenvalue weighted by molar-refractivity contribution is 7.15. The quantitative estimate of drug-likeness (QED) is 0.0817. The van der Waals surface area contributed by atoms with Gasteiger partial charge in [-0.1, -0.05) is 19.1 Å². The van der Waals surface area contributed by atoms with Crippen molar-refractivity contribution in [3.63, 3.8) is 0 Å². The lowest BCUT2D eigenvalue weighted by Crippen LogP contribution is -2.50. The molecule has 6 amide bonds. The van der Waals surface area contributed by atoms with Crippen LogP contribution in [0.5, 0.6) is 5.75 Å². The van der Waals surface area contributed by atoms with Crippen LogP contribution in [0.1, 0.15) is 119 Å². The van der Waals surface area contributed by atoms with Gasteiger partial charge in [0.05, 0.1) is 42.8 Å². The first-order valence-corrected chi connectivity index (χ1v) is 30.9. The lowest BCUT2D eigenvalue weighted by atomic mass is 9.86. The first-order chi connectivity index (χ1) is 39.4. The van der Waals surface area contributed by atoms with Gasteiger partial charge < -0.3 is 47.2 Å². The van der Waals surface area contributed by atoms with Gasteiger partial charge in [-0.2, -0.15) is 0 Å². The lowest BCUT2D eigenvalue weighted by molar-refractivity contribution is -0.143. The molecule has 5 atom stereocenters. The zero-order valence-electron chi connectivity index (χ0n) is 43.4. The number of aliphatic hydroxyl groups is 1. The van der Waals surface area contributed by atoms with Crippen LogP contribution in [0.4, 0.5) is 0 Å². The summed E-state index contributed by atoms with van der Waals surface area (Å²) in [5.74, 6) is -5.25. The number of phenolic OH excluding ortho intramolecular Hbond substituents is 1. The van der Waals surface area contributed by atoms with Crippen molar-refractivity contribution in [3.8, 4) is 49.1 Å². The van der Waals surface area contributed by atoms with Gasteiger partial charge in [-0.25, -0.2) is 34.9 Å². The van der Waals surface area contributed by atoms with Gasteiger partial charge in [0.25, 0.3) is 23.6 Å². The summed E-state index contributed by atoms with van der Waals surface area (Å²) in [5.41, 5.74) is 8.66. The number of thiazole rings is 6. The Kier molecular flexibility index (Phi) is 16.1. The minimum Gasteiger partial charge on any atom is -0.508 e. The number of carbonyl (C=O) groups is 7. The van der Waals surface area contributed by atoms with Gasteiger partial charge in [-0.3, -0.25) is 33.6 Å². The van der Waals surface area contributed by atoms with Crippen molar-refractivity contribution in [2.45, 2.75) is 89.2 Å². The second-order valence-electron chi connectivity index (χ2n) is 19.9. The maximum Gasteiger partial charge on any atom is 0.306 e. The number of aryl methyl sites for hydroxylation is 1. The molecule has 11 rings (SSSR count). The van der Waals surface area contributed by atoms with E-state index in [4.69, 9.17) is 25.7 Å². The summed E-state index contributed by atoms with van der Waals surface area (Å²) in [6.07, 6.45) is 0.720. The molecular formula is C53H49N13O10S6. The number of nitrogens with one attached hydrogen (secondary N) is 4. The third kappa shape index (κ3) is 11.9. The molecule has 9 heterocycles. The molecule has 29 heteroatoms. The highest BCUT2D eigenvalue weighted by Crippen LogP contribution is 2.43. The molecule has 0 radical (unpaired) electrons. The fourth-order valence-corrected chi connectivity index (χ4v) is 15.1. The molecule has 7 aromatic heterocycles. The Morgan fingerprint density at radius 2 is 1.38 bits per heavy atom. The van der Waals surface area contributed by atoms with E-state index in [1.807, 2.05) is 12.3 Å². The number of aliphatic carboxylic acids is 1. The van der Waals surface area contributed by atoms with E-state index in [1.54, 1.807) is 47.3 Å². The number of pyridine rings is 1. The van der Waals surface area contributed by atoms with Crippen LogP contribution in [-0.4, -0.2) is 121 Å². The minimum absolute atomic E-state index is 0.00246. The fourth-order valence-electron chi connectivity index (χ4n) is 9.92. The molecular weight excluding hydrogens is 1170 g/mol. The molecule has 1 aromatic carbocycles. The van der Waals surface area contributed by atoms with Gasteiger partial charge in [0, 0.05) is 62.3 Å². The average molecular weight is 1220 g/mol. The number of hydrogen-bond acceptors (Lipinski definition) is 22. The van der Waals surface area contributed by atoms with Crippen LogP contribution in [0.15, 0.2) is 63.3 Å². The molecule has 3 aliphatic rings. The van der Waals surface area contributed by atoms with Crippen LogP contribution in [0.3, 0.4) is 0 Å². The van der Waals surface area contributed by atoms with Crippen LogP contribution in [-0.2, 0) is 27.3 Å². The maximum absolute atomic E-state index is 14.9. The smallest absolute Gasteiger partial charge is 0.306 e. The zero-order chi connectivity index (χ0) is 57.5.